The molecule has 17 heavy (non-hydrogen) atoms. The maximum absolute atomic E-state index is 11.5. The summed E-state index contributed by atoms with van der Waals surface area (Å²) < 4.78 is 5.16. The smallest absolute Gasteiger partial charge is 0.237 e. The van der Waals surface area contributed by atoms with Crippen molar-refractivity contribution in [3.63, 3.8) is 0 Å². The molecule has 2 aromatic rings. The summed E-state index contributed by atoms with van der Waals surface area (Å²) in [6.07, 6.45) is 0. The number of nitrogens with zero attached hydrogens (tertiary/aromatic N) is 3. The van der Waals surface area contributed by atoms with Crippen molar-refractivity contribution in [1.82, 2.24) is 15.1 Å². The molecule has 1 unspecified atom stereocenters. The van der Waals surface area contributed by atoms with Gasteiger partial charge in [-0.1, -0.05) is 19.0 Å². The van der Waals surface area contributed by atoms with Crippen molar-refractivity contribution in [1.29, 1.82) is 0 Å². The number of hydrogen-bond acceptors (Lipinski definition) is 6. The molecule has 0 saturated heterocycles. The lowest BCUT2D eigenvalue weighted by Gasteiger charge is -2.12. The van der Waals surface area contributed by atoms with Crippen LogP contribution in [-0.2, 0) is 4.79 Å². The van der Waals surface area contributed by atoms with Crippen LogP contribution in [0.15, 0.2) is 15.4 Å². The third kappa shape index (κ3) is 2.41. The van der Waals surface area contributed by atoms with E-state index in [9.17, 15) is 4.79 Å². The summed E-state index contributed by atoms with van der Waals surface area (Å²) in [6.45, 7) is 5.45. The van der Waals surface area contributed by atoms with Crippen LogP contribution in [-0.4, -0.2) is 20.9 Å². The van der Waals surface area contributed by atoms with Crippen LogP contribution in [0.4, 0.5) is 0 Å². The van der Waals surface area contributed by atoms with Gasteiger partial charge in [-0.25, -0.2) is 4.98 Å². The van der Waals surface area contributed by atoms with Gasteiger partial charge in [-0.15, -0.1) is 11.3 Å². The lowest BCUT2D eigenvalue weighted by Crippen LogP contribution is -2.15. The maximum atomic E-state index is 11.5. The highest BCUT2D eigenvalue weighted by atomic mass is 32.1. The van der Waals surface area contributed by atoms with E-state index in [-0.39, 0.29) is 17.6 Å². The molecule has 5 nitrogen and oxygen atoms in total. The second-order valence-corrected chi connectivity index (χ2v) is 4.88. The van der Waals surface area contributed by atoms with Crippen molar-refractivity contribution in [2.45, 2.75) is 26.7 Å². The minimum absolute atomic E-state index is 0.0356. The number of carbonyl (C=O) groups is 1. The van der Waals surface area contributed by atoms with Crippen molar-refractivity contribution in [2.75, 3.05) is 0 Å². The van der Waals surface area contributed by atoms with Gasteiger partial charge in [-0.3, -0.25) is 4.79 Å². The Balaban J connectivity index is 2.31. The molecule has 0 N–H and O–H groups in total. The number of hydrogen-bond donors (Lipinski definition) is 0. The van der Waals surface area contributed by atoms with Crippen molar-refractivity contribution in [3.8, 4) is 11.5 Å². The standard InChI is InChI=1S/C11H13N3O2S/c1-6(2)9(7(3)15)11-13-10(14-16-11)8-4-17-5-12-8/h4-6,9H,1-3H3. The average Bonchev–Trinajstić information content (AvgIpc) is 2.83. The zero-order valence-corrected chi connectivity index (χ0v) is 10.7. The van der Waals surface area contributed by atoms with Crippen LogP contribution in [0.25, 0.3) is 11.5 Å². The first-order valence-corrected chi connectivity index (χ1v) is 6.26. The maximum Gasteiger partial charge on any atom is 0.237 e. The third-order valence-electron chi connectivity index (χ3n) is 2.47. The molecule has 6 heteroatoms. The minimum Gasteiger partial charge on any atom is -0.338 e. The number of aromatic nitrogens is 3. The predicted octanol–water partition coefficient (Wildman–Crippen LogP) is 2.52. The molecular formula is C11H13N3O2S. The van der Waals surface area contributed by atoms with E-state index >= 15 is 0 Å². The summed E-state index contributed by atoms with van der Waals surface area (Å²) in [5, 5.41) is 5.69. The lowest BCUT2D eigenvalue weighted by molar-refractivity contribution is -0.119. The third-order valence-corrected chi connectivity index (χ3v) is 3.06. The molecule has 0 spiro atoms. The Morgan fingerprint density at radius 3 is 2.76 bits per heavy atom. The van der Waals surface area contributed by atoms with Crippen molar-refractivity contribution < 1.29 is 9.32 Å². The highest BCUT2D eigenvalue weighted by Gasteiger charge is 2.27. The van der Waals surface area contributed by atoms with Crippen molar-refractivity contribution >= 4 is 17.1 Å². The summed E-state index contributed by atoms with van der Waals surface area (Å²) in [7, 11) is 0. The summed E-state index contributed by atoms with van der Waals surface area (Å²) in [5.41, 5.74) is 2.38. The molecule has 0 saturated carbocycles. The van der Waals surface area contributed by atoms with Crippen molar-refractivity contribution in [3.05, 3.63) is 16.8 Å². The SMILES string of the molecule is CC(=O)C(c1nc(-c2cscn2)no1)C(C)C. The quantitative estimate of drug-likeness (QED) is 0.835. The van der Waals surface area contributed by atoms with Gasteiger partial charge in [0.05, 0.1) is 11.4 Å². The number of carbonyl (C=O) groups excluding carboxylic acids is 1. The molecule has 0 amide bonds. The lowest BCUT2D eigenvalue weighted by atomic mass is 9.92. The first-order valence-electron chi connectivity index (χ1n) is 5.32. The van der Waals surface area contributed by atoms with Gasteiger partial charge in [0.1, 0.15) is 11.5 Å². The Hall–Kier alpha value is -1.56. The van der Waals surface area contributed by atoms with Gasteiger partial charge in [-0.05, 0) is 12.8 Å². The first-order chi connectivity index (χ1) is 8.09. The van der Waals surface area contributed by atoms with Crippen LogP contribution >= 0.6 is 11.3 Å². The molecule has 0 fully saturated rings. The molecule has 1 atom stereocenters. The van der Waals surface area contributed by atoms with E-state index in [0.717, 1.165) is 0 Å². The minimum atomic E-state index is -0.338. The molecule has 2 rings (SSSR count). The average molecular weight is 251 g/mol. The van der Waals surface area contributed by atoms with E-state index in [1.54, 1.807) is 5.51 Å². The largest absolute Gasteiger partial charge is 0.338 e. The normalized spacial score (nSPS) is 12.9. The van der Waals surface area contributed by atoms with Crippen LogP contribution in [0, 0.1) is 5.92 Å². The molecule has 0 aliphatic heterocycles. The Labute approximate surface area is 103 Å². The fourth-order valence-electron chi connectivity index (χ4n) is 1.72. The fraction of sp³-hybridized carbons (Fsp3) is 0.455. The van der Waals surface area contributed by atoms with E-state index in [1.807, 2.05) is 19.2 Å². The van der Waals surface area contributed by atoms with Gasteiger partial charge in [0.25, 0.3) is 0 Å². The summed E-state index contributed by atoms with van der Waals surface area (Å²) in [6, 6.07) is 0. The van der Waals surface area contributed by atoms with Crippen LogP contribution in [0.3, 0.4) is 0 Å². The Bertz CT molecular complexity index is 505. The van der Waals surface area contributed by atoms with E-state index < -0.39 is 0 Å². The first kappa shape index (κ1) is 11.9. The summed E-state index contributed by atoms with van der Waals surface area (Å²) in [4.78, 5) is 19.9. The second kappa shape index (κ2) is 4.75. The molecule has 0 radical (unpaired) electrons. The summed E-state index contributed by atoms with van der Waals surface area (Å²) >= 11 is 1.46. The van der Waals surface area contributed by atoms with Crippen molar-refractivity contribution in [2.24, 2.45) is 5.92 Å². The molecule has 2 heterocycles. The Morgan fingerprint density at radius 2 is 2.24 bits per heavy atom. The molecule has 90 valence electrons. The molecule has 0 bridgehead atoms. The zero-order valence-electron chi connectivity index (χ0n) is 9.88. The zero-order chi connectivity index (χ0) is 12.4. The monoisotopic (exact) mass is 251 g/mol. The van der Waals surface area contributed by atoms with E-state index in [0.29, 0.717) is 17.4 Å². The van der Waals surface area contributed by atoms with Gasteiger partial charge < -0.3 is 4.52 Å². The van der Waals surface area contributed by atoms with Crippen LogP contribution in [0.2, 0.25) is 0 Å². The van der Waals surface area contributed by atoms with Crippen LogP contribution in [0.5, 0.6) is 0 Å². The van der Waals surface area contributed by atoms with Gasteiger partial charge >= 0.3 is 0 Å². The van der Waals surface area contributed by atoms with Gasteiger partial charge in [0.15, 0.2) is 0 Å². The molecular weight excluding hydrogens is 238 g/mol. The Morgan fingerprint density at radius 1 is 1.47 bits per heavy atom. The van der Waals surface area contributed by atoms with Gasteiger partial charge in [0.2, 0.25) is 11.7 Å². The van der Waals surface area contributed by atoms with E-state index in [1.165, 1.54) is 18.3 Å². The molecule has 0 aliphatic rings. The molecule has 0 aromatic carbocycles. The highest BCUT2D eigenvalue weighted by molar-refractivity contribution is 7.07. The van der Waals surface area contributed by atoms with Gasteiger partial charge in [-0.2, -0.15) is 4.98 Å². The summed E-state index contributed by atoms with van der Waals surface area (Å²) in [5.74, 6) is 0.642. The number of ketones is 1. The fourth-order valence-corrected chi connectivity index (χ4v) is 2.25. The molecule has 2 aromatic heterocycles. The number of Topliss-reactive ketones (excluding diaryl/α,β-unsaturated/α-hetero) is 1. The predicted molar refractivity (Wildman–Crippen MR) is 63.7 cm³/mol. The van der Waals surface area contributed by atoms with Gasteiger partial charge in [0, 0.05) is 5.38 Å². The molecule has 0 aliphatic carbocycles. The van der Waals surface area contributed by atoms with E-state index in [2.05, 4.69) is 15.1 Å². The highest BCUT2D eigenvalue weighted by Crippen LogP contribution is 2.26. The Kier molecular flexibility index (Phi) is 3.33. The second-order valence-electron chi connectivity index (χ2n) is 4.16. The van der Waals surface area contributed by atoms with Crippen LogP contribution in [0.1, 0.15) is 32.6 Å². The number of thiazole rings is 1. The van der Waals surface area contributed by atoms with Crippen LogP contribution < -0.4 is 0 Å². The topological polar surface area (TPSA) is 68.9 Å². The number of rotatable bonds is 4. The van der Waals surface area contributed by atoms with E-state index in [4.69, 9.17) is 4.52 Å².